The summed E-state index contributed by atoms with van der Waals surface area (Å²) >= 11 is 0. The summed E-state index contributed by atoms with van der Waals surface area (Å²) in [6, 6.07) is 17.2. The van der Waals surface area contributed by atoms with E-state index in [1.54, 1.807) is 25.2 Å². The molecule has 2 aromatic carbocycles. The molecule has 0 atom stereocenters. The maximum Gasteiger partial charge on any atom is 0.277 e. The molecule has 0 saturated heterocycles. The minimum absolute atomic E-state index is 0.0455. The van der Waals surface area contributed by atoms with Crippen LogP contribution in [-0.2, 0) is 10.0 Å². The average molecular weight is 440 g/mol. The smallest absolute Gasteiger partial charge is 0.277 e. The van der Waals surface area contributed by atoms with E-state index < -0.39 is 15.9 Å². The fourth-order valence-electron chi connectivity index (χ4n) is 3.83. The highest BCUT2D eigenvalue weighted by Crippen LogP contribution is 2.27. The normalized spacial score (nSPS) is 15.2. The van der Waals surface area contributed by atoms with E-state index >= 15 is 0 Å². The number of benzene rings is 2. The van der Waals surface area contributed by atoms with E-state index in [2.05, 4.69) is 10.5 Å². The number of aromatic nitrogens is 1. The van der Waals surface area contributed by atoms with E-state index in [0.29, 0.717) is 11.4 Å². The molecule has 1 fully saturated rings. The van der Waals surface area contributed by atoms with Crippen LogP contribution in [0.5, 0.6) is 0 Å². The Labute approximate surface area is 182 Å². The molecule has 0 bridgehead atoms. The summed E-state index contributed by atoms with van der Waals surface area (Å²) in [5.41, 5.74) is 1.45. The highest BCUT2D eigenvalue weighted by atomic mass is 32.2. The molecule has 3 aromatic rings. The van der Waals surface area contributed by atoms with E-state index in [1.807, 2.05) is 30.3 Å². The van der Waals surface area contributed by atoms with Gasteiger partial charge in [-0.15, -0.1) is 0 Å². The molecule has 8 heteroatoms. The van der Waals surface area contributed by atoms with Gasteiger partial charge in [0.15, 0.2) is 11.5 Å². The van der Waals surface area contributed by atoms with Crippen molar-refractivity contribution in [2.45, 2.75) is 43.0 Å². The van der Waals surface area contributed by atoms with E-state index in [-0.39, 0.29) is 16.6 Å². The van der Waals surface area contributed by atoms with Crippen molar-refractivity contribution in [2.24, 2.45) is 0 Å². The van der Waals surface area contributed by atoms with Gasteiger partial charge in [-0.3, -0.25) is 4.79 Å². The Kier molecular flexibility index (Phi) is 6.20. The van der Waals surface area contributed by atoms with Crippen molar-refractivity contribution in [3.05, 3.63) is 66.4 Å². The molecule has 0 aliphatic heterocycles. The molecule has 1 saturated carbocycles. The number of carbonyl (C=O) groups excluding carboxylic acids is 1. The highest BCUT2D eigenvalue weighted by Gasteiger charge is 2.29. The van der Waals surface area contributed by atoms with Gasteiger partial charge in [-0.2, -0.15) is 4.31 Å². The van der Waals surface area contributed by atoms with E-state index in [1.165, 1.54) is 16.4 Å². The first kappa shape index (κ1) is 21.3. The molecule has 1 aliphatic carbocycles. The predicted octanol–water partition coefficient (Wildman–Crippen LogP) is 4.55. The zero-order valence-corrected chi connectivity index (χ0v) is 18.1. The fourth-order valence-corrected chi connectivity index (χ4v) is 5.25. The molecule has 31 heavy (non-hydrogen) atoms. The predicted molar refractivity (Wildman–Crippen MR) is 118 cm³/mol. The highest BCUT2D eigenvalue weighted by molar-refractivity contribution is 7.89. The molecule has 1 amide bonds. The number of amides is 1. The fraction of sp³-hybridized carbons (Fsp3) is 0.304. The monoisotopic (exact) mass is 439 g/mol. The number of carbonyl (C=O) groups is 1. The minimum atomic E-state index is -3.57. The molecule has 4 rings (SSSR count). The van der Waals surface area contributed by atoms with Crippen molar-refractivity contribution in [1.29, 1.82) is 0 Å². The Morgan fingerprint density at radius 1 is 1.03 bits per heavy atom. The lowest BCUT2D eigenvalue weighted by Gasteiger charge is -2.30. The van der Waals surface area contributed by atoms with Crippen LogP contribution in [0.25, 0.3) is 11.3 Å². The van der Waals surface area contributed by atoms with Crippen LogP contribution in [-0.4, -0.2) is 36.9 Å². The lowest BCUT2D eigenvalue weighted by Crippen LogP contribution is -2.38. The van der Waals surface area contributed by atoms with Gasteiger partial charge in [0.25, 0.3) is 5.91 Å². The molecule has 1 N–H and O–H groups in total. The SMILES string of the molecule is CN(C1CCCCC1)S(=O)(=O)c1ccc(NC(=O)c2cc(-c3ccccc3)on2)cc1. The number of hydrogen-bond donors (Lipinski definition) is 1. The van der Waals surface area contributed by atoms with Crippen molar-refractivity contribution in [1.82, 2.24) is 9.46 Å². The number of sulfonamides is 1. The van der Waals surface area contributed by atoms with Crippen LogP contribution in [0.3, 0.4) is 0 Å². The first-order valence-electron chi connectivity index (χ1n) is 10.4. The third kappa shape index (κ3) is 4.70. The van der Waals surface area contributed by atoms with Gasteiger partial charge < -0.3 is 9.84 Å². The maximum absolute atomic E-state index is 12.9. The second-order valence-corrected chi connectivity index (χ2v) is 9.73. The van der Waals surface area contributed by atoms with Gasteiger partial charge in [0.05, 0.1) is 4.90 Å². The molecule has 0 unspecified atom stereocenters. The number of anilines is 1. The Bertz CT molecular complexity index is 1140. The van der Waals surface area contributed by atoms with Crippen molar-refractivity contribution >= 4 is 21.6 Å². The summed E-state index contributed by atoms with van der Waals surface area (Å²) in [7, 11) is -1.92. The molecule has 1 aliphatic rings. The van der Waals surface area contributed by atoms with Gasteiger partial charge in [-0.1, -0.05) is 54.8 Å². The molecular weight excluding hydrogens is 414 g/mol. The summed E-state index contributed by atoms with van der Waals surface area (Å²) in [5, 5.41) is 6.56. The third-order valence-electron chi connectivity index (χ3n) is 5.68. The van der Waals surface area contributed by atoms with E-state index in [0.717, 1.165) is 37.7 Å². The summed E-state index contributed by atoms with van der Waals surface area (Å²) in [4.78, 5) is 12.7. The van der Waals surface area contributed by atoms with Crippen molar-refractivity contribution in [2.75, 3.05) is 12.4 Å². The second-order valence-electron chi connectivity index (χ2n) is 7.73. The van der Waals surface area contributed by atoms with Gasteiger partial charge >= 0.3 is 0 Å². The molecule has 0 radical (unpaired) electrons. The zero-order chi connectivity index (χ0) is 21.8. The molecule has 1 heterocycles. The summed E-state index contributed by atoms with van der Waals surface area (Å²) in [6.07, 6.45) is 5.07. The molecule has 1 aromatic heterocycles. The lowest BCUT2D eigenvalue weighted by atomic mass is 9.96. The molecule has 7 nitrogen and oxygen atoms in total. The van der Waals surface area contributed by atoms with Crippen molar-refractivity contribution in [3.63, 3.8) is 0 Å². The Balaban J connectivity index is 1.43. The molecular formula is C23H25N3O4S. The summed E-state index contributed by atoms with van der Waals surface area (Å²) in [6.45, 7) is 0. The molecule has 162 valence electrons. The van der Waals surface area contributed by atoms with Crippen LogP contribution in [0.1, 0.15) is 42.6 Å². The number of hydrogen-bond acceptors (Lipinski definition) is 5. The van der Waals surface area contributed by atoms with Gasteiger partial charge in [0.1, 0.15) is 0 Å². The van der Waals surface area contributed by atoms with Crippen LogP contribution in [0, 0.1) is 0 Å². The van der Waals surface area contributed by atoms with Crippen LogP contribution in [0.15, 0.2) is 70.1 Å². The lowest BCUT2D eigenvalue weighted by molar-refractivity contribution is 0.101. The Morgan fingerprint density at radius 3 is 2.39 bits per heavy atom. The third-order valence-corrected chi connectivity index (χ3v) is 7.60. The van der Waals surface area contributed by atoms with Crippen LogP contribution in [0.4, 0.5) is 5.69 Å². The summed E-state index contributed by atoms with van der Waals surface area (Å²) < 4.78 is 32.6. The Hall–Kier alpha value is -2.97. The van der Waals surface area contributed by atoms with Crippen LogP contribution >= 0.6 is 0 Å². The number of nitrogens with one attached hydrogen (secondary N) is 1. The van der Waals surface area contributed by atoms with Gasteiger partial charge in [-0.25, -0.2) is 8.42 Å². The van der Waals surface area contributed by atoms with Crippen molar-refractivity contribution < 1.29 is 17.7 Å². The minimum Gasteiger partial charge on any atom is -0.355 e. The molecule has 0 spiro atoms. The maximum atomic E-state index is 12.9. The van der Waals surface area contributed by atoms with Gasteiger partial charge in [-0.05, 0) is 37.1 Å². The second kappa shape index (κ2) is 9.03. The standard InChI is InChI=1S/C23H25N3O4S/c1-26(19-10-6-3-7-11-19)31(28,29)20-14-12-18(13-15-20)24-23(27)21-16-22(30-25-21)17-8-4-2-5-9-17/h2,4-5,8-9,12-16,19H,3,6-7,10-11H2,1H3,(H,24,27). The van der Waals surface area contributed by atoms with E-state index in [9.17, 15) is 13.2 Å². The van der Waals surface area contributed by atoms with Gasteiger partial charge in [0.2, 0.25) is 10.0 Å². The topological polar surface area (TPSA) is 92.5 Å². The largest absolute Gasteiger partial charge is 0.355 e. The average Bonchev–Trinajstić information content (AvgIpc) is 3.31. The van der Waals surface area contributed by atoms with Gasteiger partial charge in [0, 0.05) is 30.4 Å². The first-order chi connectivity index (χ1) is 14.9. The number of rotatable bonds is 6. The van der Waals surface area contributed by atoms with Crippen LogP contribution in [0.2, 0.25) is 0 Å². The Morgan fingerprint density at radius 2 is 1.71 bits per heavy atom. The first-order valence-corrected chi connectivity index (χ1v) is 11.8. The number of nitrogens with zero attached hydrogens (tertiary/aromatic N) is 2. The summed E-state index contributed by atoms with van der Waals surface area (Å²) in [5.74, 6) is 0.0683. The van der Waals surface area contributed by atoms with Crippen LogP contribution < -0.4 is 5.32 Å². The van der Waals surface area contributed by atoms with E-state index in [4.69, 9.17) is 4.52 Å². The zero-order valence-electron chi connectivity index (χ0n) is 17.3. The van der Waals surface area contributed by atoms with Crippen molar-refractivity contribution in [3.8, 4) is 11.3 Å². The quantitative estimate of drug-likeness (QED) is 0.608.